The fourth-order valence-electron chi connectivity index (χ4n) is 2.09. The lowest BCUT2D eigenvalue weighted by Gasteiger charge is -2.22. The first kappa shape index (κ1) is 16.3. The van der Waals surface area contributed by atoms with E-state index in [-0.39, 0.29) is 11.6 Å². The van der Waals surface area contributed by atoms with Crippen LogP contribution >= 0.6 is 0 Å². The second kappa shape index (κ2) is 8.44. The van der Waals surface area contributed by atoms with Gasteiger partial charge in [0.1, 0.15) is 5.82 Å². The summed E-state index contributed by atoms with van der Waals surface area (Å²) in [5.74, 6) is 0.249. The first-order valence-corrected chi connectivity index (χ1v) is 6.86. The van der Waals surface area contributed by atoms with Crippen molar-refractivity contribution in [3.05, 3.63) is 35.6 Å². The molecule has 0 N–H and O–H groups in total. The van der Waals surface area contributed by atoms with E-state index in [4.69, 9.17) is 5.26 Å². The number of Topliss-reactive ketones (excluding diaryl/α,β-unsaturated/α-hetero) is 1. The minimum atomic E-state index is -0.295. The molecule has 0 saturated heterocycles. The van der Waals surface area contributed by atoms with Crippen LogP contribution in [-0.4, -0.2) is 30.3 Å². The summed E-state index contributed by atoms with van der Waals surface area (Å²) < 4.78 is 12.8. The normalized spacial score (nSPS) is 10.8. The number of rotatable bonds is 8. The first-order chi connectivity index (χ1) is 9.51. The zero-order valence-corrected chi connectivity index (χ0v) is 12.1. The van der Waals surface area contributed by atoms with Crippen LogP contribution in [0.15, 0.2) is 24.3 Å². The highest BCUT2D eigenvalue weighted by Crippen LogP contribution is 2.06. The third-order valence-corrected chi connectivity index (χ3v) is 2.88. The van der Waals surface area contributed by atoms with Crippen molar-refractivity contribution in [1.29, 1.82) is 5.26 Å². The molecule has 0 fully saturated rings. The van der Waals surface area contributed by atoms with Gasteiger partial charge in [0.2, 0.25) is 0 Å². The number of halogens is 1. The second-order valence-electron chi connectivity index (χ2n) is 5.38. The number of hydrogen-bond acceptors (Lipinski definition) is 3. The van der Waals surface area contributed by atoms with Crippen LogP contribution in [0.3, 0.4) is 0 Å². The summed E-state index contributed by atoms with van der Waals surface area (Å²) >= 11 is 0. The van der Waals surface area contributed by atoms with E-state index in [1.165, 1.54) is 12.1 Å². The molecule has 0 aliphatic carbocycles. The van der Waals surface area contributed by atoms with Crippen LogP contribution in [-0.2, 0) is 11.2 Å². The Balaban J connectivity index is 2.52. The molecule has 108 valence electrons. The minimum absolute atomic E-state index is 0.0928. The molecule has 0 spiro atoms. The van der Waals surface area contributed by atoms with E-state index >= 15 is 0 Å². The van der Waals surface area contributed by atoms with Crippen molar-refractivity contribution >= 4 is 5.78 Å². The third kappa shape index (κ3) is 6.44. The summed E-state index contributed by atoms with van der Waals surface area (Å²) in [6.45, 7) is 5.94. The Morgan fingerprint density at radius 2 is 2.00 bits per heavy atom. The number of hydrogen-bond donors (Lipinski definition) is 0. The molecule has 1 aromatic carbocycles. The molecule has 0 amide bonds. The number of nitriles is 1. The van der Waals surface area contributed by atoms with Crippen LogP contribution in [0.25, 0.3) is 0 Å². The average Bonchev–Trinajstić information content (AvgIpc) is 2.38. The van der Waals surface area contributed by atoms with Crippen LogP contribution in [0.4, 0.5) is 4.39 Å². The van der Waals surface area contributed by atoms with Crippen LogP contribution in [0.2, 0.25) is 0 Å². The SMILES string of the molecule is CC(C)CN(CCC#N)CC(=O)Cc1ccc(F)cc1. The van der Waals surface area contributed by atoms with Crippen molar-refractivity contribution in [1.82, 2.24) is 4.90 Å². The highest BCUT2D eigenvalue weighted by atomic mass is 19.1. The molecule has 1 aromatic rings. The lowest BCUT2D eigenvalue weighted by atomic mass is 10.1. The van der Waals surface area contributed by atoms with Gasteiger partial charge < -0.3 is 0 Å². The van der Waals surface area contributed by atoms with E-state index in [1.807, 2.05) is 4.90 Å². The van der Waals surface area contributed by atoms with E-state index < -0.39 is 0 Å². The van der Waals surface area contributed by atoms with E-state index in [1.54, 1.807) is 12.1 Å². The Morgan fingerprint density at radius 3 is 2.55 bits per heavy atom. The fourth-order valence-corrected chi connectivity index (χ4v) is 2.09. The monoisotopic (exact) mass is 276 g/mol. The van der Waals surface area contributed by atoms with Crippen LogP contribution in [0.1, 0.15) is 25.8 Å². The smallest absolute Gasteiger partial charge is 0.151 e. The summed E-state index contributed by atoms with van der Waals surface area (Å²) in [6, 6.07) is 8.10. The van der Waals surface area contributed by atoms with Crippen molar-refractivity contribution < 1.29 is 9.18 Å². The number of nitrogens with zero attached hydrogens (tertiary/aromatic N) is 2. The maximum Gasteiger partial charge on any atom is 0.151 e. The number of carbonyl (C=O) groups is 1. The van der Waals surface area contributed by atoms with Gasteiger partial charge in [-0.1, -0.05) is 26.0 Å². The molecule has 1 rings (SSSR count). The number of benzene rings is 1. The van der Waals surface area contributed by atoms with Crippen molar-refractivity contribution in [3.8, 4) is 6.07 Å². The Labute approximate surface area is 120 Å². The molecule has 0 radical (unpaired) electrons. The maximum atomic E-state index is 12.8. The molecular weight excluding hydrogens is 255 g/mol. The van der Waals surface area contributed by atoms with Gasteiger partial charge in [0.25, 0.3) is 0 Å². The summed E-state index contributed by atoms with van der Waals surface area (Å²) in [5, 5.41) is 8.65. The second-order valence-corrected chi connectivity index (χ2v) is 5.38. The molecule has 0 unspecified atom stereocenters. The Bertz CT molecular complexity index is 462. The molecule has 0 aromatic heterocycles. The molecule has 0 heterocycles. The lowest BCUT2D eigenvalue weighted by Crippen LogP contribution is -2.34. The Morgan fingerprint density at radius 1 is 1.35 bits per heavy atom. The van der Waals surface area contributed by atoms with Gasteiger partial charge in [0.05, 0.1) is 12.6 Å². The van der Waals surface area contributed by atoms with Crippen LogP contribution in [0, 0.1) is 23.1 Å². The van der Waals surface area contributed by atoms with Gasteiger partial charge in [-0.25, -0.2) is 4.39 Å². The maximum absolute atomic E-state index is 12.8. The minimum Gasteiger partial charge on any atom is -0.298 e. The van der Waals surface area contributed by atoms with Crippen molar-refractivity contribution in [2.24, 2.45) is 5.92 Å². The lowest BCUT2D eigenvalue weighted by molar-refractivity contribution is -0.119. The summed E-state index contributed by atoms with van der Waals surface area (Å²) in [5.41, 5.74) is 0.821. The zero-order valence-electron chi connectivity index (χ0n) is 12.1. The van der Waals surface area contributed by atoms with Crippen molar-refractivity contribution in [2.45, 2.75) is 26.7 Å². The van der Waals surface area contributed by atoms with Gasteiger partial charge in [0, 0.05) is 25.9 Å². The predicted octanol–water partition coefficient (Wildman–Crippen LogP) is 2.81. The zero-order chi connectivity index (χ0) is 15.0. The molecule has 0 aliphatic rings. The molecule has 3 nitrogen and oxygen atoms in total. The predicted molar refractivity (Wildman–Crippen MR) is 76.6 cm³/mol. The first-order valence-electron chi connectivity index (χ1n) is 6.86. The highest BCUT2D eigenvalue weighted by molar-refractivity contribution is 5.82. The summed E-state index contributed by atoms with van der Waals surface area (Å²) in [6.07, 6.45) is 0.734. The van der Waals surface area contributed by atoms with Gasteiger partial charge in [-0.05, 0) is 23.6 Å². The highest BCUT2D eigenvalue weighted by Gasteiger charge is 2.12. The van der Waals surface area contributed by atoms with E-state index in [9.17, 15) is 9.18 Å². The number of ketones is 1. The Hall–Kier alpha value is -1.73. The van der Waals surface area contributed by atoms with E-state index in [0.29, 0.717) is 31.8 Å². The largest absolute Gasteiger partial charge is 0.298 e. The van der Waals surface area contributed by atoms with Gasteiger partial charge >= 0.3 is 0 Å². The summed E-state index contributed by atoms with van der Waals surface area (Å²) in [4.78, 5) is 14.0. The molecule has 4 heteroatoms. The molecule has 0 atom stereocenters. The van der Waals surface area contributed by atoms with E-state index in [2.05, 4.69) is 19.9 Å². The topological polar surface area (TPSA) is 44.1 Å². The number of carbonyl (C=O) groups excluding carboxylic acids is 1. The van der Waals surface area contributed by atoms with Gasteiger partial charge in [-0.2, -0.15) is 5.26 Å². The van der Waals surface area contributed by atoms with Gasteiger partial charge in [-0.3, -0.25) is 9.69 Å². The fraction of sp³-hybridized carbons (Fsp3) is 0.500. The van der Waals surface area contributed by atoms with Gasteiger partial charge in [-0.15, -0.1) is 0 Å². The molecule has 0 bridgehead atoms. The summed E-state index contributed by atoms with van der Waals surface area (Å²) in [7, 11) is 0. The molecule has 20 heavy (non-hydrogen) atoms. The molecule has 0 saturated carbocycles. The molecular formula is C16H21FN2O. The van der Waals surface area contributed by atoms with Crippen LogP contribution < -0.4 is 0 Å². The van der Waals surface area contributed by atoms with Crippen molar-refractivity contribution in [3.63, 3.8) is 0 Å². The average molecular weight is 276 g/mol. The third-order valence-electron chi connectivity index (χ3n) is 2.88. The van der Waals surface area contributed by atoms with Crippen molar-refractivity contribution in [2.75, 3.05) is 19.6 Å². The van der Waals surface area contributed by atoms with E-state index in [0.717, 1.165) is 12.1 Å². The Kier molecular flexibility index (Phi) is 6.89. The standard InChI is InChI=1S/C16H21FN2O/c1-13(2)11-19(9-3-8-18)12-16(20)10-14-4-6-15(17)7-5-14/h4-7,13H,3,9-12H2,1-2H3. The quantitative estimate of drug-likeness (QED) is 0.733. The van der Waals surface area contributed by atoms with Crippen LogP contribution in [0.5, 0.6) is 0 Å². The molecule has 0 aliphatic heterocycles. The van der Waals surface area contributed by atoms with Gasteiger partial charge in [0.15, 0.2) is 5.78 Å².